The van der Waals surface area contributed by atoms with E-state index < -0.39 is 0 Å². The molecule has 0 aliphatic rings. The zero-order valence-electron chi connectivity index (χ0n) is 8.54. The molecule has 0 unspecified atom stereocenters. The van der Waals surface area contributed by atoms with E-state index in [1.807, 2.05) is 13.0 Å². The van der Waals surface area contributed by atoms with Crippen molar-refractivity contribution in [2.24, 2.45) is 0 Å². The van der Waals surface area contributed by atoms with Crippen LogP contribution in [0.4, 0.5) is 0 Å². The van der Waals surface area contributed by atoms with Gasteiger partial charge in [-0.25, -0.2) is 0 Å². The average molecular weight is 254 g/mol. The number of phenolic OH excluding ortho intramolecular Hbond substituents is 1. The van der Waals surface area contributed by atoms with E-state index in [1.54, 1.807) is 18.5 Å². The quantitative estimate of drug-likeness (QED) is 0.832. The molecule has 2 rings (SSSR count). The molecule has 0 amide bonds. The van der Waals surface area contributed by atoms with Crippen LogP contribution >= 0.6 is 23.2 Å². The van der Waals surface area contributed by atoms with Crippen LogP contribution in [0.3, 0.4) is 0 Å². The lowest BCUT2D eigenvalue weighted by molar-refractivity contribution is 0.475. The molecule has 1 aromatic heterocycles. The molecule has 0 atom stereocenters. The zero-order valence-corrected chi connectivity index (χ0v) is 10.0. The first-order chi connectivity index (χ1) is 7.58. The molecule has 0 saturated heterocycles. The number of phenols is 1. The highest BCUT2D eigenvalue weighted by Crippen LogP contribution is 2.35. The van der Waals surface area contributed by atoms with Crippen molar-refractivity contribution in [1.29, 1.82) is 0 Å². The molecule has 1 aromatic carbocycles. The van der Waals surface area contributed by atoms with Crippen molar-refractivity contribution in [1.82, 2.24) is 4.98 Å². The summed E-state index contributed by atoms with van der Waals surface area (Å²) >= 11 is 11.9. The first kappa shape index (κ1) is 11.2. The van der Waals surface area contributed by atoms with Gasteiger partial charge in [0.25, 0.3) is 0 Å². The maximum absolute atomic E-state index is 9.39. The Morgan fingerprint density at radius 2 is 1.81 bits per heavy atom. The molecular formula is C12H9Cl2NO. The Balaban J connectivity index is 2.60. The number of nitrogens with zero attached hydrogens (tertiary/aromatic N) is 1. The predicted octanol–water partition coefficient (Wildman–Crippen LogP) is 4.07. The third kappa shape index (κ3) is 2.13. The summed E-state index contributed by atoms with van der Waals surface area (Å²) in [7, 11) is 0. The minimum atomic E-state index is -0.0176. The smallest absolute Gasteiger partial charge is 0.135 e. The third-order valence-electron chi connectivity index (χ3n) is 2.22. The van der Waals surface area contributed by atoms with Gasteiger partial charge >= 0.3 is 0 Å². The molecule has 0 radical (unpaired) electrons. The van der Waals surface area contributed by atoms with E-state index in [1.165, 1.54) is 6.07 Å². The van der Waals surface area contributed by atoms with Crippen LogP contribution in [0, 0.1) is 6.92 Å². The van der Waals surface area contributed by atoms with Crippen molar-refractivity contribution in [2.75, 3.05) is 0 Å². The molecule has 0 spiro atoms. The molecule has 1 heterocycles. The monoisotopic (exact) mass is 253 g/mol. The molecule has 0 saturated carbocycles. The van der Waals surface area contributed by atoms with Crippen molar-refractivity contribution < 1.29 is 5.11 Å². The second-order valence-electron chi connectivity index (χ2n) is 3.53. The van der Waals surface area contributed by atoms with Crippen LogP contribution in [0.2, 0.25) is 10.0 Å². The fourth-order valence-corrected chi connectivity index (χ4v) is 1.89. The number of hydrogen-bond donors (Lipinski definition) is 1. The minimum Gasteiger partial charge on any atom is -0.506 e. The Hall–Kier alpha value is -1.25. The lowest BCUT2D eigenvalue weighted by Crippen LogP contribution is -1.84. The van der Waals surface area contributed by atoms with Crippen LogP contribution in [-0.2, 0) is 0 Å². The first-order valence-corrected chi connectivity index (χ1v) is 5.43. The fraction of sp³-hybridized carbons (Fsp3) is 0.0833. The molecule has 2 aromatic rings. The Morgan fingerprint density at radius 3 is 2.50 bits per heavy atom. The highest BCUT2D eigenvalue weighted by atomic mass is 35.5. The van der Waals surface area contributed by atoms with Gasteiger partial charge in [-0.2, -0.15) is 0 Å². The van der Waals surface area contributed by atoms with Crippen LogP contribution in [0.25, 0.3) is 11.1 Å². The van der Waals surface area contributed by atoms with Crippen LogP contribution in [0.1, 0.15) is 5.56 Å². The van der Waals surface area contributed by atoms with Gasteiger partial charge in [0.1, 0.15) is 5.75 Å². The zero-order chi connectivity index (χ0) is 11.7. The lowest BCUT2D eigenvalue weighted by Gasteiger charge is -2.07. The largest absolute Gasteiger partial charge is 0.506 e. The molecule has 82 valence electrons. The normalized spacial score (nSPS) is 10.4. The number of aromatic nitrogens is 1. The SMILES string of the molecule is Cc1cncc(-c2cc(Cl)c(O)cc2Cl)c1. The number of halogens is 2. The van der Waals surface area contributed by atoms with Crippen LogP contribution in [0.5, 0.6) is 5.75 Å². The molecule has 1 N–H and O–H groups in total. The van der Waals surface area contributed by atoms with Gasteiger partial charge in [0, 0.05) is 29.6 Å². The van der Waals surface area contributed by atoms with Crippen LogP contribution < -0.4 is 0 Å². The number of benzene rings is 1. The second-order valence-corrected chi connectivity index (χ2v) is 4.35. The lowest BCUT2D eigenvalue weighted by atomic mass is 10.1. The van der Waals surface area contributed by atoms with Crippen molar-refractivity contribution in [3.8, 4) is 16.9 Å². The molecule has 16 heavy (non-hydrogen) atoms. The number of hydrogen-bond acceptors (Lipinski definition) is 2. The molecule has 0 aliphatic heterocycles. The average Bonchev–Trinajstić information content (AvgIpc) is 2.23. The van der Waals surface area contributed by atoms with Gasteiger partial charge in [-0.3, -0.25) is 4.98 Å². The second kappa shape index (κ2) is 4.32. The Kier molecular flexibility index (Phi) is 3.03. The van der Waals surface area contributed by atoms with Gasteiger partial charge in [0.15, 0.2) is 0 Å². The van der Waals surface area contributed by atoms with Gasteiger partial charge in [0.05, 0.1) is 10.0 Å². The van der Waals surface area contributed by atoms with Crippen LogP contribution in [0.15, 0.2) is 30.6 Å². The number of aryl methyl sites for hydroxylation is 1. The molecule has 2 nitrogen and oxygen atoms in total. The van der Waals surface area contributed by atoms with Gasteiger partial charge in [-0.05, 0) is 24.6 Å². The number of aromatic hydroxyl groups is 1. The van der Waals surface area contributed by atoms with E-state index in [0.29, 0.717) is 5.02 Å². The summed E-state index contributed by atoms with van der Waals surface area (Å²) in [5, 5.41) is 10.1. The number of pyridine rings is 1. The minimum absolute atomic E-state index is 0.0176. The molecular weight excluding hydrogens is 245 g/mol. The van der Waals surface area contributed by atoms with Gasteiger partial charge < -0.3 is 5.11 Å². The molecule has 0 fully saturated rings. The molecule has 0 aliphatic carbocycles. The highest BCUT2D eigenvalue weighted by molar-refractivity contribution is 6.36. The summed E-state index contributed by atoms with van der Waals surface area (Å²) in [5.74, 6) is -0.0176. The Labute approximate surface area is 103 Å². The third-order valence-corrected chi connectivity index (χ3v) is 2.84. The summed E-state index contributed by atoms with van der Waals surface area (Å²) in [6.45, 7) is 1.95. The topological polar surface area (TPSA) is 33.1 Å². The summed E-state index contributed by atoms with van der Waals surface area (Å²) < 4.78 is 0. The van der Waals surface area contributed by atoms with E-state index in [-0.39, 0.29) is 10.8 Å². The Morgan fingerprint density at radius 1 is 1.06 bits per heavy atom. The molecule has 4 heteroatoms. The molecule has 0 bridgehead atoms. The van der Waals surface area contributed by atoms with Crippen molar-refractivity contribution in [3.63, 3.8) is 0 Å². The number of rotatable bonds is 1. The summed E-state index contributed by atoms with van der Waals surface area (Å²) in [6, 6.07) is 5.03. The Bertz CT molecular complexity index is 541. The van der Waals surface area contributed by atoms with Gasteiger partial charge in [-0.15, -0.1) is 0 Å². The van der Waals surface area contributed by atoms with Gasteiger partial charge in [-0.1, -0.05) is 23.2 Å². The van der Waals surface area contributed by atoms with E-state index in [2.05, 4.69) is 4.98 Å². The van der Waals surface area contributed by atoms with E-state index >= 15 is 0 Å². The summed E-state index contributed by atoms with van der Waals surface area (Å²) in [6.07, 6.45) is 3.47. The fourth-order valence-electron chi connectivity index (χ4n) is 1.46. The van der Waals surface area contributed by atoms with Crippen molar-refractivity contribution in [3.05, 3.63) is 46.2 Å². The van der Waals surface area contributed by atoms with Crippen LogP contribution in [-0.4, -0.2) is 10.1 Å². The van der Waals surface area contributed by atoms with Gasteiger partial charge in [0.2, 0.25) is 0 Å². The maximum atomic E-state index is 9.39. The van der Waals surface area contributed by atoms with Crippen molar-refractivity contribution >= 4 is 23.2 Å². The highest BCUT2D eigenvalue weighted by Gasteiger charge is 2.08. The van der Waals surface area contributed by atoms with E-state index in [9.17, 15) is 5.11 Å². The first-order valence-electron chi connectivity index (χ1n) is 4.68. The van der Waals surface area contributed by atoms with Crippen molar-refractivity contribution in [2.45, 2.75) is 6.92 Å². The maximum Gasteiger partial charge on any atom is 0.135 e. The summed E-state index contributed by atoms with van der Waals surface area (Å²) in [5.41, 5.74) is 2.69. The predicted molar refractivity (Wildman–Crippen MR) is 66.1 cm³/mol. The van der Waals surface area contributed by atoms with E-state index in [0.717, 1.165) is 16.7 Å². The standard InChI is InChI=1S/C12H9Cl2NO/c1-7-2-8(6-15-5-7)9-3-11(14)12(16)4-10(9)13/h2-6,16H,1H3. The summed E-state index contributed by atoms with van der Waals surface area (Å²) in [4.78, 5) is 4.09. The van der Waals surface area contributed by atoms with E-state index in [4.69, 9.17) is 23.2 Å².